The molecule has 2 atom stereocenters. The smallest absolute Gasteiger partial charge is 0.243 e. The van der Waals surface area contributed by atoms with Crippen LogP contribution in [0, 0.1) is 23.2 Å². The molecule has 2 aromatic carbocycles. The van der Waals surface area contributed by atoms with Gasteiger partial charge in [0.05, 0.1) is 0 Å². The van der Waals surface area contributed by atoms with E-state index in [0.29, 0.717) is 37.8 Å². The second-order valence-electron chi connectivity index (χ2n) is 14.5. The minimum absolute atomic E-state index is 0.0818. The summed E-state index contributed by atoms with van der Waals surface area (Å²) in [6.07, 6.45) is 4.24. The average molecular weight is 593 g/mol. The fourth-order valence-corrected chi connectivity index (χ4v) is 6.06. The van der Waals surface area contributed by atoms with Crippen LogP contribution < -0.4 is 16.0 Å². The molecular formula is C36H56N4O3. The first-order valence-electron chi connectivity index (χ1n) is 16.4. The predicted octanol–water partition coefficient (Wildman–Crippen LogP) is 5.71. The number of hydrogen-bond donors (Lipinski definition) is 3. The second kappa shape index (κ2) is 16.2. The van der Waals surface area contributed by atoms with Gasteiger partial charge in [-0.3, -0.25) is 14.4 Å². The molecule has 7 heteroatoms. The molecule has 0 aliphatic carbocycles. The van der Waals surface area contributed by atoms with Crippen LogP contribution in [0.2, 0.25) is 0 Å². The van der Waals surface area contributed by atoms with Gasteiger partial charge in [0, 0.05) is 25.4 Å². The molecule has 0 saturated carbocycles. The third-order valence-electron chi connectivity index (χ3n) is 8.07. The molecular weight excluding hydrogens is 536 g/mol. The Kier molecular flexibility index (Phi) is 13.0. The molecule has 0 radical (unpaired) electrons. The summed E-state index contributed by atoms with van der Waals surface area (Å²) in [6.45, 7) is 18.0. The maximum absolute atomic E-state index is 13.8. The summed E-state index contributed by atoms with van der Waals surface area (Å²) in [5.74, 6) is 0.384. The quantitative estimate of drug-likeness (QED) is 0.231. The highest BCUT2D eigenvalue weighted by Gasteiger charge is 2.38. The van der Waals surface area contributed by atoms with Gasteiger partial charge < -0.3 is 20.9 Å². The van der Waals surface area contributed by atoms with Gasteiger partial charge in [0.25, 0.3) is 0 Å². The van der Waals surface area contributed by atoms with Crippen molar-refractivity contribution in [2.75, 3.05) is 26.2 Å². The van der Waals surface area contributed by atoms with E-state index in [1.54, 1.807) is 4.90 Å². The minimum atomic E-state index is -0.726. The third kappa shape index (κ3) is 11.3. The van der Waals surface area contributed by atoms with E-state index in [1.807, 2.05) is 18.2 Å². The summed E-state index contributed by atoms with van der Waals surface area (Å²) in [5, 5.41) is 11.8. The summed E-state index contributed by atoms with van der Waals surface area (Å²) >= 11 is 0. The van der Waals surface area contributed by atoms with E-state index in [-0.39, 0.29) is 29.1 Å². The van der Waals surface area contributed by atoms with Gasteiger partial charge in [0.15, 0.2) is 0 Å². The molecule has 43 heavy (non-hydrogen) atoms. The number of carbonyl (C=O) groups is 3. The van der Waals surface area contributed by atoms with Gasteiger partial charge in [-0.1, -0.05) is 90.9 Å². The van der Waals surface area contributed by atoms with E-state index in [1.165, 1.54) is 0 Å². The molecule has 1 fully saturated rings. The largest absolute Gasteiger partial charge is 0.354 e. The van der Waals surface area contributed by atoms with Crippen LogP contribution in [0.25, 0.3) is 10.8 Å². The molecule has 1 aliphatic heterocycles. The lowest BCUT2D eigenvalue weighted by Gasteiger charge is -2.31. The zero-order chi connectivity index (χ0) is 31.6. The zero-order valence-electron chi connectivity index (χ0n) is 27.7. The molecule has 1 heterocycles. The monoisotopic (exact) mass is 592 g/mol. The number of benzene rings is 2. The number of amides is 3. The number of rotatable bonds is 15. The number of likely N-dealkylation sites (tertiary alicyclic amines) is 1. The highest BCUT2D eigenvalue weighted by atomic mass is 16.2. The number of fused-ring (bicyclic) bond motifs is 1. The molecule has 1 aliphatic rings. The van der Waals surface area contributed by atoms with Crippen LogP contribution in [-0.2, 0) is 20.8 Å². The van der Waals surface area contributed by atoms with Crippen molar-refractivity contribution in [3.63, 3.8) is 0 Å². The third-order valence-corrected chi connectivity index (χ3v) is 8.07. The highest BCUT2D eigenvalue weighted by Crippen LogP contribution is 2.27. The van der Waals surface area contributed by atoms with Crippen molar-refractivity contribution in [3.8, 4) is 0 Å². The van der Waals surface area contributed by atoms with Crippen molar-refractivity contribution >= 4 is 28.5 Å². The van der Waals surface area contributed by atoms with Crippen molar-refractivity contribution in [1.29, 1.82) is 0 Å². The molecule has 1 saturated heterocycles. The Bertz CT molecular complexity index is 1190. The van der Waals surface area contributed by atoms with E-state index in [2.05, 4.69) is 88.7 Å². The Morgan fingerprint density at radius 3 is 2.26 bits per heavy atom. The minimum Gasteiger partial charge on any atom is -0.354 e. The Hall–Kier alpha value is -2.93. The Balaban J connectivity index is 1.71. The van der Waals surface area contributed by atoms with Crippen molar-refractivity contribution in [2.24, 2.45) is 23.2 Å². The number of carbonyl (C=O) groups excluding carboxylic acids is 3. The van der Waals surface area contributed by atoms with E-state index >= 15 is 0 Å². The summed E-state index contributed by atoms with van der Waals surface area (Å²) in [4.78, 5) is 42.8. The lowest BCUT2D eigenvalue weighted by molar-refractivity contribution is -0.143. The Morgan fingerprint density at radius 1 is 0.930 bits per heavy atom. The Labute approximate surface area is 259 Å². The van der Waals surface area contributed by atoms with E-state index in [4.69, 9.17) is 0 Å². The van der Waals surface area contributed by atoms with Gasteiger partial charge in [0.1, 0.15) is 12.1 Å². The van der Waals surface area contributed by atoms with Crippen LogP contribution >= 0.6 is 0 Å². The van der Waals surface area contributed by atoms with Crippen LogP contribution in [0.4, 0.5) is 0 Å². The van der Waals surface area contributed by atoms with Gasteiger partial charge >= 0.3 is 0 Å². The molecule has 238 valence electrons. The molecule has 0 spiro atoms. The number of nitrogens with one attached hydrogen (secondary N) is 3. The highest BCUT2D eigenvalue weighted by molar-refractivity contribution is 5.93. The van der Waals surface area contributed by atoms with Gasteiger partial charge in [-0.25, -0.2) is 0 Å². The first kappa shape index (κ1) is 34.6. The Morgan fingerprint density at radius 2 is 1.60 bits per heavy atom. The summed E-state index contributed by atoms with van der Waals surface area (Å²) in [7, 11) is 0. The molecule has 1 unspecified atom stereocenters. The summed E-state index contributed by atoms with van der Waals surface area (Å²) in [5.41, 5.74) is 1.19. The van der Waals surface area contributed by atoms with Crippen LogP contribution in [0.3, 0.4) is 0 Å². The molecule has 2 aromatic rings. The van der Waals surface area contributed by atoms with Crippen molar-refractivity contribution in [3.05, 3.63) is 48.0 Å². The van der Waals surface area contributed by atoms with E-state index in [0.717, 1.165) is 55.1 Å². The normalized spacial score (nSPS) is 16.3. The van der Waals surface area contributed by atoms with E-state index in [9.17, 15) is 14.4 Å². The maximum atomic E-state index is 13.8. The van der Waals surface area contributed by atoms with Crippen molar-refractivity contribution in [2.45, 2.75) is 99.1 Å². The molecule has 7 nitrogen and oxygen atoms in total. The predicted molar refractivity (Wildman–Crippen MR) is 177 cm³/mol. The molecule has 0 bridgehead atoms. The zero-order valence-corrected chi connectivity index (χ0v) is 27.7. The molecule has 3 N–H and O–H groups in total. The van der Waals surface area contributed by atoms with Crippen LogP contribution in [0.15, 0.2) is 42.5 Å². The van der Waals surface area contributed by atoms with Crippen LogP contribution in [0.1, 0.15) is 86.1 Å². The average Bonchev–Trinajstić information content (AvgIpc) is 3.43. The SMILES string of the molecule is CC(C)CC(CC(C)C)C(=O)N1CCCC1C(=O)N[C@H](Cc1ccc2ccccc2c1)C(=O)NCCCNCC(C)(C)C. The fourth-order valence-electron chi connectivity index (χ4n) is 6.06. The van der Waals surface area contributed by atoms with E-state index < -0.39 is 12.1 Å². The van der Waals surface area contributed by atoms with Crippen LogP contribution in [0.5, 0.6) is 0 Å². The lowest BCUT2D eigenvalue weighted by atomic mass is 9.88. The van der Waals surface area contributed by atoms with Gasteiger partial charge in [-0.2, -0.15) is 0 Å². The second-order valence-corrected chi connectivity index (χ2v) is 14.5. The topological polar surface area (TPSA) is 90.5 Å². The van der Waals surface area contributed by atoms with Crippen molar-refractivity contribution < 1.29 is 14.4 Å². The maximum Gasteiger partial charge on any atom is 0.243 e. The number of hydrogen-bond acceptors (Lipinski definition) is 4. The van der Waals surface area contributed by atoms with Gasteiger partial charge in [-0.15, -0.1) is 0 Å². The molecule has 0 aromatic heterocycles. The van der Waals surface area contributed by atoms with Gasteiger partial charge in [-0.05, 0) is 78.8 Å². The first-order chi connectivity index (χ1) is 20.3. The summed E-state index contributed by atoms with van der Waals surface area (Å²) in [6, 6.07) is 13.0. The summed E-state index contributed by atoms with van der Waals surface area (Å²) < 4.78 is 0. The fraction of sp³-hybridized carbons (Fsp3) is 0.639. The molecule has 3 amide bonds. The first-order valence-corrected chi connectivity index (χ1v) is 16.4. The standard InChI is InChI=1S/C36H56N4O3/c1-25(2)20-30(21-26(3)4)35(43)40-19-10-14-32(40)34(42)39-31(33(41)38-18-11-17-37-24-36(5,6)7)23-27-15-16-28-12-8-9-13-29(28)22-27/h8-9,12-13,15-16,22,25-26,30-32,37H,10-11,14,17-21,23-24H2,1-7H3,(H,38,41)(H,39,42)/t31-,32?/m1/s1. The van der Waals surface area contributed by atoms with Gasteiger partial charge in [0.2, 0.25) is 17.7 Å². The lowest BCUT2D eigenvalue weighted by Crippen LogP contribution is -2.54. The van der Waals surface area contributed by atoms with Crippen molar-refractivity contribution in [1.82, 2.24) is 20.9 Å². The molecule has 3 rings (SSSR count). The van der Waals surface area contributed by atoms with Crippen LogP contribution in [-0.4, -0.2) is 60.9 Å². The number of nitrogens with zero attached hydrogens (tertiary/aromatic N) is 1.